The maximum atomic E-state index is 14.1. The van der Waals surface area contributed by atoms with Gasteiger partial charge in [0.15, 0.2) is 0 Å². The van der Waals surface area contributed by atoms with Crippen LogP contribution < -0.4 is 0 Å². The zero-order valence-corrected chi connectivity index (χ0v) is 8.94. The van der Waals surface area contributed by atoms with Crippen molar-refractivity contribution in [2.75, 3.05) is 0 Å². The average Bonchev–Trinajstić information content (AvgIpc) is 2.53. The molecule has 0 radical (unpaired) electrons. The summed E-state index contributed by atoms with van der Waals surface area (Å²) in [6.07, 6.45) is -1.85. The third-order valence-electron chi connectivity index (χ3n) is 3.90. The van der Waals surface area contributed by atoms with Crippen molar-refractivity contribution in [3.05, 3.63) is 0 Å². The fraction of sp³-hybridized carbons (Fsp3) is 0.800. The fourth-order valence-electron chi connectivity index (χ4n) is 3.06. The topological polar surface area (TPSA) is 83.8 Å². The van der Waals surface area contributed by atoms with Gasteiger partial charge in [0.2, 0.25) is 5.67 Å². The van der Waals surface area contributed by atoms with Gasteiger partial charge in [-0.2, -0.15) is 0 Å². The highest BCUT2D eigenvalue weighted by Crippen LogP contribution is 2.73. The molecule has 2 saturated carbocycles. The molecule has 0 bridgehead atoms. The summed E-state index contributed by atoms with van der Waals surface area (Å²) in [4.78, 5) is 21.7. The van der Waals surface area contributed by atoms with Crippen molar-refractivity contribution in [2.45, 2.75) is 38.1 Å². The van der Waals surface area contributed by atoms with E-state index in [0.29, 0.717) is 0 Å². The maximum absolute atomic E-state index is 14.1. The SMILES string of the molecule is CC(=O)O[C@@H]1C[C@H](O)[C@@H]2[C@@]1(C)[C@@]2(F)C(=O)O. The first kappa shape index (κ1) is 11.3. The van der Waals surface area contributed by atoms with Gasteiger partial charge in [0.05, 0.1) is 11.5 Å². The van der Waals surface area contributed by atoms with E-state index in [1.807, 2.05) is 0 Å². The number of carbonyl (C=O) groups excluding carboxylic acids is 1. The lowest BCUT2D eigenvalue weighted by molar-refractivity contribution is -0.158. The predicted molar refractivity (Wildman–Crippen MR) is 49.2 cm³/mol. The number of aliphatic hydroxyl groups is 1. The first-order valence-corrected chi connectivity index (χ1v) is 5.03. The minimum atomic E-state index is -2.48. The van der Waals surface area contributed by atoms with Crippen molar-refractivity contribution in [2.24, 2.45) is 11.3 Å². The second-order valence-corrected chi connectivity index (χ2v) is 4.68. The number of alkyl halides is 1. The van der Waals surface area contributed by atoms with Crippen LogP contribution in [-0.2, 0) is 14.3 Å². The molecule has 0 aromatic carbocycles. The molecule has 2 aliphatic carbocycles. The standard InChI is InChI=1S/C10H13FO5/c1-4(12)16-6-3-5(13)7-9(6,2)10(7,11)8(14)15/h5-7,13H,3H2,1-2H3,(H,14,15)/t5-,6+,7+,9-,10-/m0/s1. The molecule has 0 aromatic heterocycles. The summed E-state index contributed by atoms with van der Waals surface area (Å²) in [5, 5.41) is 18.4. The molecule has 6 heteroatoms. The van der Waals surface area contributed by atoms with Gasteiger partial charge in [-0.25, -0.2) is 9.18 Å². The van der Waals surface area contributed by atoms with Gasteiger partial charge in [0.25, 0.3) is 0 Å². The van der Waals surface area contributed by atoms with Gasteiger partial charge in [-0.3, -0.25) is 4.79 Å². The van der Waals surface area contributed by atoms with Crippen LogP contribution in [0.4, 0.5) is 4.39 Å². The number of ether oxygens (including phenoxy) is 1. The van der Waals surface area contributed by atoms with Crippen molar-refractivity contribution < 1.29 is 28.9 Å². The smallest absolute Gasteiger partial charge is 0.342 e. The van der Waals surface area contributed by atoms with E-state index in [2.05, 4.69) is 0 Å². The van der Waals surface area contributed by atoms with Gasteiger partial charge in [0, 0.05) is 19.3 Å². The van der Waals surface area contributed by atoms with Crippen molar-refractivity contribution in [3.63, 3.8) is 0 Å². The normalized spacial score (nSPS) is 49.6. The quantitative estimate of drug-likeness (QED) is 0.660. The molecule has 0 aliphatic heterocycles. The number of halogens is 1. The highest BCUT2D eigenvalue weighted by Gasteiger charge is 2.88. The zero-order chi connectivity index (χ0) is 12.3. The summed E-state index contributed by atoms with van der Waals surface area (Å²) in [6.45, 7) is 2.57. The van der Waals surface area contributed by atoms with Crippen LogP contribution in [-0.4, -0.2) is 40.0 Å². The number of hydrogen-bond acceptors (Lipinski definition) is 4. The van der Waals surface area contributed by atoms with Crippen molar-refractivity contribution in [1.29, 1.82) is 0 Å². The van der Waals surface area contributed by atoms with Gasteiger partial charge >= 0.3 is 11.9 Å². The Balaban J connectivity index is 2.29. The van der Waals surface area contributed by atoms with Gasteiger partial charge in [0.1, 0.15) is 6.10 Å². The van der Waals surface area contributed by atoms with Crippen LogP contribution in [0.2, 0.25) is 0 Å². The molecular formula is C10H13FO5. The van der Waals surface area contributed by atoms with E-state index >= 15 is 0 Å². The van der Waals surface area contributed by atoms with E-state index in [1.165, 1.54) is 13.8 Å². The van der Waals surface area contributed by atoms with Crippen LogP contribution in [0.1, 0.15) is 20.3 Å². The molecule has 2 aliphatic rings. The van der Waals surface area contributed by atoms with Crippen molar-refractivity contribution >= 4 is 11.9 Å². The largest absolute Gasteiger partial charge is 0.479 e. The molecule has 0 heterocycles. The van der Waals surface area contributed by atoms with Gasteiger partial charge in [-0.15, -0.1) is 0 Å². The lowest BCUT2D eigenvalue weighted by Crippen LogP contribution is -2.37. The number of hydrogen-bond donors (Lipinski definition) is 2. The Morgan fingerprint density at radius 3 is 2.44 bits per heavy atom. The Bertz CT molecular complexity index is 370. The molecule has 0 spiro atoms. The van der Waals surface area contributed by atoms with Crippen LogP contribution in [0, 0.1) is 11.3 Å². The highest BCUT2D eigenvalue weighted by molar-refractivity contribution is 5.85. The van der Waals surface area contributed by atoms with E-state index < -0.39 is 41.1 Å². The van der Waals surface area contributed by atoms with Gasteiger partial charge in [-0.05, 0) is 0 Å². The molecule has 2 rings (SSSR count). The van der Waals surface area contributed by atoms with Gasteiger partial charge < -0.3 is 14.9 Å². The Morgan fingerprint density at radius 1 is 1.50 bits per heavy atom. The predicted octanol–water partition coefficient (Wildman–Crippen LogP) is 0.112. The zero-order valence-electron chi connectivity index (χ0n) is 8.94. The second kappa shape index (κ2) is 2.94. The molecule has 2 fully saturated rings. The fourth-order valence-corrected chi connectivity index (χ4v) is 3.06. The number of carbonyl (C=O) groups is 2. The molecule has 5 atom stereocenters. The van der Waals surface area contributed by atoms with Gasteiger partial charge in [-0.1, -0.05) is 6.92 Å². The summed E-state index contributed by atoms with van der Waals surface area (Å²) in [5.74, 6) is -3.18. The Morgan fingerprint density at radius 2 is 2.06 bits per heavy atom. The lowest BCUT2D eigenvalue weighted by Gasteiger charge is -2.23. The van der Waals surface area contributed by atoms with E-state index in [1.54, 1.807) is 0 Å². The summed E-state index contributed by atoms with van der Waals surface area (Å²) in [6, 6.07) is 0. The Hall–Kier alpha value is -1.17. The number of carboxylic acids is 1. The molecule has 0 saturated heterocycles. The minimum Gasteiger partial charge on any atom is -0.479 e. The van der Waals surface area contributed by atoms with E-state index in [-0.39, 0.29) is 6.42 Å². The average molecular weight is 232 g/mol. The number of carboxylic acid groups (broad SMARTS) is 1. The maximum Gasteiger partial charge on any atom is 0.342 e. The first-order chi connectivity index (χ1) is 7.26. The molecule has 90 valence electrons. The molecule has 0 aromatic rings. The van der Waals surface area contributed by atoms with Crippen molar-refractivity contribution in [3.8, 4) is 0 Å². The molecule has 0 unspecified atom stereocenters. The van der Waals surface area contributed by atoms with E-state index in [0.717, 1.165) is 0 Å². The number of rotatable bonds is 2. The number of aliphatic carboxylic acids is 1. The monoisotopic (exact) mass is 232 g/mol. The Labute approximate surface area is 91.2 Å². The summed E-state index contributed by atoms with van der Waals surface area (Å²) in [7, 11) is 0. The molecule has 16 heavy (non-hydrogen) atoms. The number of aliphatic hydroxyl groups excluding tert-OH is 1. The highest BCUT2D eigenvalue weighted by atomic mass is 19.1. The van der Waals surface area contributed by atoms with Crippen LogP contribution in [0.15, 0.2) is 0 Å². The minimum absolute atomic E-state index is 0.0969. The lowest BCUT2D eigenvalue weighted by atomic mass is 9.97. The number of fused-ring (bicyclic) bond motifs is 1. The first-order valence-electron chi connectivity index (χ1n) is 5.03. The van der Waals surface area contributed by atoms with E-state index in [9.17, 15) is 19.1 Å². The van der Waals surface area contributed by atoms with Crippen molar-refractivity contribution in [1.82, 2.24) is 0 Å². The summed E-state index contributed by atoms with van der Waals surface area (Å²) in [5.41, 5.74) is -3.78. The molecule has 2 N–H and O–H groups in total. The second-order valence-electron chi connectivity index (χ2n) is 4.68. The number of esters is 1. The molecular weight excluding hydrogens is 219 g/mol. The van der Waals surface area contributed by atoms with Crippen LogP contribution in [0.3, 0.4) is 0 Å². The summed E-state index contributed by atoms with van der Waals surface area (Å²) >= 11 is 0. The van der Waals surface area contributed by atoms with Crippen LogP contribution >= 0.6 is 0 Å². The Kier molecular flexibility index (Phi) is 2.08. The molecule has 0 amide bonds. The third-order valence-corrected chi connectivity index (χ3v) is 3.90. The molecule has 5 nitrogen and oxygen atoms in total. The third kappa shape index (κ3) is 1.03. The van der Waals surface area contributed by atoms with Crippen LogP contribution in [0.25, 0.3) is 0 Å². The van der Waals surface area contributed by atoms with E-state index in [4.69, 9.17) is 9.84 Å². The van der Waals surface area contributed by atoms with Crippen LogP contribution in [0.5, 0.6) is 0 Å². The summed E-state index contributed by atoms with van der Waals surface area (Å²) < 4.78 is 19.0.